The van der Waals surface area contributed by atoms with Crippen LogP contribution in [0.25, 0.3) is 15.9 Å². The SMILES string of the molecule is COc1ccc(C=NOCc2nc3c4c5c(sc4ncn3n2)CN(C(C)C)CC5)cc1. The zero-order valence-electron chi connectivity index (χ0n) is 17.8. The average Bonchev–Trinajstić information content (AvgIpc) is 3.37. The summed E-state index contributed by atoms with van der Waals surface area (Å²) in [7, 11) is 1.64. The van der Waals surface area contributed by atoms with Gasteiger partial charge < -0.3 is 9.57 Å². The lowest BCUT2D eigenvalue weighted by molar-refractivity contribution is 0.126. The standard InChI is InChI=1S/C22H24N6O2S/c1-14(2)27-9-8-17-18(11-27)31-22-20(17)21-25-19(26-28(21)13-23-22)12-30-24-10-15-4-6-16(29-3)7-5-15/h4-7,10,13-14H,8-9,11-12H2,1-3H3. The number of methoxy groups -OCH3 is 1. The molecule has 0 amide bonds. The van der Waals surface area contributed by atoms with Gasteiger partial charge in [-0.05, 0) is 55.7 Å². The van der Waals surface area contributed by atoms with Crippen LogP contribution in [0.2, 0.25) is 0 Å². The van der Waals surface area contributed by atoms with Crippen LogP contribution < -0.4 is 4.74 Å². The van der Waals surface area contributed by atoms with Crippen molar-refractivity contribution in [3.8, 4) is 5.75 Å². The molecule has 5 rings (SSSR count). The van der Waals surface area contributed by atoms with E-state index < -0.39 is 0 Å². The normalized spacial score (nSPS) is 14.7. The molecule has 0 radical (unpaired) electrons. The second-order valence-corrected chi connectivity index (χ2v) is 8.90. The number of benzene rings is 1. The zero-order valence-corrected chi connectivity index (χ0v) is 18.6. The Kier molecular flexibility index (Phi) is 5.29. The van der Waals surface area contributed by atoms with E-state index in [9.17, 15) is 0 Å². The van der Waals surface area contributed by atoms with E-state index in [0.717, 1.165) is 46.7 Å². The van der Waals surface area contributed by atoms with Gasteiger partial charge in [0.1, 0.15) is 16.9 Å². The summed E-state index contributed by atoms with van der Waals surface area (Å²) in [6.07, 6.45) is 4.40. The van der Waals surface area contributed by atoms with Crippen molar-refractivity contribution in [3.63, 3.8) is 0 Å². The van der Waals surface area contributed by atoms with Crippen molar-refractivity contribution in [2.75, 3.05) is 13.7 Å². The first kappa shape index (κ1) is 19.9. The molecular formula is C22H24N6O2S. The summed E-state index contributed by atoms with van der Waals surface area (Å²) in [5.41, 5.74) is 3.14. The van der Waals surface area contributed by atoms with E-state index in [4.69, 9.17) is 14.6 Å². The number of hydrogen-bond acceptors (Lipinski definition) is 8. The monoisotopic (exact) mass is 436 g/mol. The first-order chi connectivity index (χ1) is 15.1. The van der Waals surface area contributed by atoms with E-state index in [1.807, 2.05) is 24.3 Å². The molecule has 0 aliphatic carbocycles. The largest absolute Gasteiger partial charge is 0.497 e. The molecule has 9 heteroatoms. The van der Waals surface area contributed by atoms with E-state index >= 15 is 0 Å². The first-order valence-corrected chi connectivity index (χ1v) is 11.1. The van der Waals surface area contributed by atoms with Crippen LogP contribution in [0, 0.1) is 0 Å². The van der Waals surface area contributed by atoms with Gasteiger partial charge in [-0.15, -0.1) is 16.4 Å². The predicted octanol–water partition coefficient (Wildman–Crippen LogP) is 3.66. The molecule has 0 saturated carbocycles. The van der Waals surface area contributed by atoms with Crippen molar-refractivity contribution < 1.29 is 9.57 Å². The van der Waals surface area contributed by atoms with Crippen molar-refractivity contribution >= 4 is 33.4 Å². The highest BCUT2D eigenvalue weighted by molar-refractivity contribution is 7.19. The summed E-state index contributed by atoms with van der Waals surface area (Å²) in [5, 5.41) is 9.69. The van der Waals surface area contributed by atoms with Gasteiger partial charge in [-0.1, -0.05) is 5.16 Å². The third-order valence-corrected chi connectivity index (χ3v) is 6.69. The third kappa shape index (κ3) is 3.86. The Bertz CT molecular complexity index is 1240. The summed E-state index contributed by atoms with van der Waals surface area (Å²) < 4.78 is 6.90. The van der Waals surface area contributed by atoms with Gasteiger partial charge in [-0.25, -0.2) is 14.5 Å². The molecule has 0 N–H and O–H groups in total. The van der Waals surface area contributed by atoms with Crippen LogP contribution in [0.15, 0.2) is 35.7 Å². The molecular weight excluding hydrogens is 412 g/mol. The molecule has 1 aliphatic rings. The van der Waals surface area contributed by atoms with Gasteiger partial charge in [0.15, 0.2) is 18.1 Å². The Morgan fingerprint density at radius 3 is 2.87 bits per heavy atom. The minimum atomic E-state index is 0.198. The van der Waals surface area contributed by atoms with Crippen LogP contribution in [-0.2, 0) is 24.4 Å². The van der Waals surface area contributed by atoms with Gasteiger partial charge in [0.05, 0.1) is 18.7 Å². The molecule has 1 aliphatic heterocycles. The molecule has 0 fully saturated rings. The van der Waals surface area contributed by atoms with E-state index in [-0.39, 0.29) is 6.61 Å². The molecule has 31 heavy (non-hydrogen) atoms. The second kappa shape index (κ2) is 8.24. The van der Waals surface area contributed by atoms with Gasteiger partial charge in [0, 0.05) is 24.0 Å². The maximum atomic E-state index is 5.43. The molecule has 3 aromatic heterocycles. The maximum Gasteiger partial charge on any atom is 0.192 e. The van der Waals surface area contributed by atoms with E-state index in [1.165, 1.54) is 10.4 Å². The first-order valence-electron chi connectivity index (χ1n) is 10.3. The molecule has 1 aromatic carbocycles. The molecule has 4 heterocycles. The van der Waals surface area contributed by atoms with Crippen molar-refractivity contribution in [2.45, 2.75) is 39.5 Å². The van der Waals surface area contributed by atoms with Crippen LogP contribution in [0.4, 0.5) is 0 Å². The van der Waals surface area contributed by atoms with E-state index in [1.54, 1.807) is 35.5 Å². The van der Waals surface area contributed by atoms with E-state index in [2.05, 4.69) is 34.0 Å². The highest BCUT2D eigenvalue weighted by atomic mass is 32.1. The lowest BCUT2D eigenvalue weighted by atomic mass is 10.0. The number of aromatic nitrogens is 4. The minimum Gasteiger partial charge on any atom is -0.497 e. The summed E-state index contributed by atoms with van der Waals surface area (Å²) in [4.78, 5) is 19.7. The Morgan fingerprint density at radius 1 is 1.26 bits per heavy atom. The van der Waals surface area contributed by atoms with Crippen LogP contribution in [-0.4, -0.2) is 50.4 Å². The number of hydrogen-bond donors (Lipinski definition) is 0. The Labute approximate surface area is 184 Å². The molecule has 0 unspecified atom stereocenters. The van der Waals surface area contributed by atoms with Crippen molar-refractivity contribution in [3.05, 3.63) is 52.4 Å². The number of oxime groups is 1. The lowest BCUT2D eigenvalue weighted by Crippen LogP contribution is -2.35. The Hall–Kier alpha value is -3.04. The molecule has 0 spiro atoms. The highest BCUT2D eigenvalue weighted by Crippen LogP contribution is 2.36. The molecule has 160 valence electrons. The van der Waals surface area contributed by atoms with Gasteiger partial charge >= 0.3 is 0 Å². The quantitative estimate of drug-likeness (QED) is 0.339. The van der Waals surface area contributed by atoms with Crippen LogP contribution in [0.1, 0.15) is 35.7 Å². The van der Waals surface area contributed by atoms with Gasteiger partial charge in [0.25, 0.3) is 0 Å². The summed E-state index contributed by atoms with van der Waals surface area (Å²) in [6.45, 7) is 6.72. The molecule has 0 atom stereocenters. The summed E-state index contributed by atoms with van der Waals surface area (Å²) >= 11 is 1.77. The topological polar surface area (TPSA) is 77.1 Å². The number of rotatable bonds is 6. The predicted molar refractivity (Wildman–Crippen MR) is 121 cm³/mol. The molecule has 0 bridgehead atoms. The Balaban J connectivity index is 1.35. The summed E-state index contributed by atoms with van der Waals surface area (Å²) in [5.74, 6) is 1.39. The van der Waals surface area contributed by atoms with Gasteiger partial charge in [-0.2, -0.15) is 0 Å². The number of fused-ring (bicyclic) bond motifs is 5. The highest BCUT2D eigenvalue weighted by Gasteiger charge is 2.25. The fourth-order valence-electron chi connectivity index (χ4n) is 3.84. The summed E-state index contributed by atoms with van der Waals surface area (Å²) in [6, 6.07) is 8.13. The zero-order chi connectivity index (χ0) is 21.4. The smallest absolute Gasteiger partial charge is 0.192 e. The lowest BCUT2D eigenvalue weighted by Gasteiger charge is -2.30. The van der Waals surface area contributed by atoms with Crippen LogP contribution >= 0.6 is 11.3 Å². The minimum absolute atomic E-state index is 0.198. The molecule has 4 aromatic rings. The number of nitrogens with zero attached hydrogens (tertiary/aromatic N) is 6. The average molecular weight is 437 g/mol. The number of thiophene rings is 1. The fraction of sp³-hybridized carbons (Fsp3) is 0.364. The van der Waals surface area contributed by atoms with Crippen molar-refractivity contribution in [2.24, 2.45) is 5.16 Å². The Morgan fingerprint density at radius 2 is 2.10 bits per heavy atom. The number of ether oxygens (including phenoxy) is 1. The second-order valence-electron chi connectivity index (χ2n) is 7.82. The van der Waals surface area contributed by atoms with Crippen LogP contribution in [0.3, 0.4) is 0 Å². The van der Waals surface area contributed by atoms with Gasteiger partial charge in [-0.3, -0.25) is 4.90 Å². The van der Waals surface area contributed by atoms with Crippen LogP contribution in [0.5, 0.6) is 5.75 Å². The maximum absolute atomic E-state index is 5.43. The van der Waals surface area contributed by atoms with Crippen molar-refractivity contribution in [1.29, 1.82) is 0 Å². The van der Waals surface area contributed by atoms with Gasteiger partial charge in [0.2, 0.25) is 0 Å². The fourth-order valence-corrected chi connectivity index (χ4v) is 5.05. The van der Waals surface area contributed by atoms with Crippen molar-refractivity contribution in [1.82, 2.24) is 24.5 Å². The van der Waals surface area contributed by atoms with E-state index in [0.29, 0.717) is 11.9 Å². The molecule has 8 nitrogen and oxygen atoms in total. The molecule has 0 saturated heterocycles. The third-order valence-electron chi connectivity index (χ3n) is 5.57.